The highest BCUT2D eigenvalue weighted by Crippen LogP contribution is 2.29. The van der Waals surface area contributed by atoms with E-state index in [1.165, 1.54) is 4.90 Å². The molecule has 0 aromatic heterocycles. The maximum Gasteiger partial charge on any atom is 0.251 e. The van der Waals surface area contributed by atoms with E-state index in [1.807, 2.05) is 18.2 Å². The minimum Gasteiger partial charge on any atom is -0.292 e. The van der Waals surface area contributed by atoms with E-state index < -0.39 is 0 Å². The van der Waals surface area contributed by atoms with Crippen molar-refractivity contribution in [3.05, 3.63) is 28.7 Å². The third-order valence-electron chi connectivity index (χ3n) is 4.45. The maximum absolute atomic E-state index is 12.7. The molecule has 5 heteroatoms. The second kappa shape index (κ2) is 5.89. The Balaban J connectivity index is 1.79. The van der Waals surface area contributed by atoms with Crippen LogP contribution in [0.4, 0.5) is 5.69 Å². The van der Waals surface area contributed by atoms with Crippen molar-refractivity contribution in [2.24, 2.45) is 5.92 Å². The van der Waals surface area contributed by atoms with E-state index in [1.54, 1.807) is 6.07 Å². The highest BCUT2D eigenvalue weighted by atomic mass is 79.9. The van der Waals surface area contributed by atoms with Gasteiger partial charge in [0.1, 0.15) is 0 Å². The molecule has 0 unspecified atom stereocenters. The minimum absolute atomic E-state index is 0.0762. The molecule has 0 radical (unpaired) electrons. The van der Waals surface area contributed by atoms with Gasteiger partial charge in [-0.05, 0) is 50.0 Å². The van der Waals surface area contributed by atoms with E-state index >= 15 is 0 Å². The van der Waals surface area contributed by atoms with Crippen LogP contribution < -0.4 is 4.90 Å². The second-order valence-electron chi connectivity index (χ2n) is 5.99. The van der Waals surface area contributed by atoms with Gasteiger partial charge in [-0.1, -0.05) is 28.9 Å². The van der Waals surface area contributed by atoms with Crippen molar-refractivity contribution in [2.75, 3.05) is 18.0 Å². The molecule has 4 nitrogen and oxygen atoms in total. The number of halogens is 1. The van der Waals surface area contributed by atoms with E-state index in [0.717, 1.165) is 36.3 Å². The molecule has 2 fully saturated rings. The summed E-state index contributed by atoms with van der Waals surface area (Å²) in [5, 5.41) is 0. The van der Waals surface area contributed by atoms with Gasteiger partial charge in [-0.15, -0.1) is 0 Å². The lowest BCUT2D eigenvalue weighted by atomic mass is 9.97. The van der Waals surface area contributed by atoms with Crippen LogP contribution in [-0.2, 0) is 9.59 Å². The standard InChI is InChI=1S/C16H19BrN2O2/c1-11-5-7-18(8-6-11)14-10-15(20)19(16(14)21)13-4-2-3-12(17)9-13/h2-4,9,11,14H,5-8,10H2,1H3/t14-/m1/s1. The molecule has 1 atom stereocenters. The monoisotopic (exact) mass is 350 g/mol. The number of amides is 2. The van der Waals surface area contributed by atoms with Crippen LogP contribution in [0.2, 0.25) is 0 Å². The first-order chi connectivity index (χ1) is 10.1. The highest BCUT2D eigenvalue weighted by Gasteiger charge is 2.43. The maximum atomic E-state index is 12.7. The second-order valence-corrected chi connectivity index (χ2v) is 6.90. The third kappa shape index (κ3) is 2.90. The Morgan fingerprint density at radius 3 is 2.57 bits per heavy atom. The lowest BCUT2D eigenvalue weighted by molar-refractivity contribution is -0.123. The van der Waals surface area contributed by atoms with Crippen molar-refractivity contribution in [3.63, 3.8) is 0 Å². The Bertz CT molecular complexity index is 567. The lowest BCUT2D eigenvalue weighted by Crippen LogP contribution is -2.45. The summed E-state index contributed by atoms with van der Waals surface area (Å²) < 4.78 is 0.871. The minimum atomic E-state index is -0.274. The number of benzene rings is 1. The summed E-state index contributed by atoms with van der Waals surface area (Å²) in [4.78, 5) is 28.5. The fraction of sp³-hybridized carbons (Fsp3) is 0.500. The van der Waals surface area contributed by atoms with Crippen LogP contribution in [0.15, 0.2) is 28.7 Å². The van der Waals surface area contributed by atoms with Gasteiger partial charge in [-0.2, -0.15) is 0 Å². The number of anilines is 1. The van der Waals surface area contributed by atoms with E-state index in [9.17, 15) is 9.59 Å². The Morgan fingerprint density at radius 2 is 1.90 bits per heavy atom. The van der Waals surface area contributed by atoms with Crippen molar-refractivity contribution in [3.8, 4) is 0 Å². The summed E-state index contributed by atoms with van der Waals surface area (Å²) in [5.41, 5.74) is 0.659. The number of piperidine rings is 1. The van der Waals surface area contributed by atoms with Crippen molar-refractivity contribution in [1.82, 2.24) is 4.90 Å². The quantitative estimate of drug-likeness (QED) is 0.770. The molecular formula is C16H19BrN2O2. The van der Waals surface area contributed by atoms with Crippen LogP contribution in [-0.4, -0.2) is 35.8 Å². The molecular weight excluding hydrogens is 332 g/mol. The Morgan fingerprint density at radius 1 is 1.19 bits per heavy atom. The van der Waals surface area contributed by atoms with E-state index in [0.29, 0.717) is 12.1 Å². The average molecular weight is 351 g/mol. The van der Waals surface area contributed by atoms with Gasteiger partial charge in [-0.3, -0.25) is 14.5 Å². The zero-order valence-electron chi connectivity index (χ0n) is 12.1. The molecule has 2 amide bonds. The van der Waals surface area contributed by atoms with Crippen LogP contribution in [0.5, 0.6) is 0 Å². The summed E-state index contributed by atoms with van der Waals surface area (Å²) in [5.74, 6) is 0.545. The van der Waals surface area contributed by atoms with Crippen LogP contribution in [0.1, 0.15) is 26.2 Å². The molecule has 0 saturated carbocycles. The smallest absolute Gasteiger partial charge is 0.251 e. The van der Waals surface area contributed by atoms with Crippen LogP contribution in [0, 0.1) is 5.92 Å². The fourth-order valence-electron chi connectivity index (χ4n) is 3.13. The molecule has 3 rings (SSSR count). The molecule has 21 heavy (non-hydrogen) atoms. The zero-order valence-corrected chi connectivity index (χ0v) is 13.7. The van der Waals surface area contributed by atoms with Gasteiger partial charge >= 0.3 is 0 Å². The van der Waals surface area contributed by atoms with Gasteiger partial charge < -0.3 is 0 Å². The van der Waals surface area contributed by atoms with Gasteiger partial charge in [0, 0.05) is 4.47 Å². The zero-order chi connectivity index (χ0) is 15.0. The first kappa shape index (κ1) is 14.7. The molecule has 112 valence electrons. The van der Waals surface area contributed by atoms with Gasteiger partial charge in [-0.25, -0.2) is 4.90 Å². The Hall–Kier alpha value is -1.20. The summed E-state index contributed by atoms with van der Waals surface area (Å²) in [6.07, 6.45) is 2.52. The Labute approximate surface area is 133 Å². The van der Waals surface area contributed by atoms with Crippen molar-refractivity contribution in [1.29, 1.82) is 0 Å². The molecule has 2 aliphatic heterocycles. The normalized spacial score (nSPS) is 24.9. The predicted molar refractivity (Wildman–Crippen MR) is 85.0 cm³/mol. The van der Waals surface area contributed by atoms with Gasteiger partial charge in [0.25, 0.3) is 5.91 Å². The number of hydrogen-bond donors (Lipinski definition) is 0. The molecule has 2 saturated heterocycles. The van der Waals surface area contributed by atoms with Gasteiger partial charge in [0.15, 0.2) is 0 Å². The molecule has 2 aliphatic rings. The summed E-state index contributed by atoms with van der Waals surface area (Å²) >= 11 is 3.39. The number of nitrogens with zero attached hydrogens (tertiary/aromatic N) is 2. The number of hydrogen-bond acceptors (Lipinski definition) is 3. The van der Waals surface area contributed by atoms with Crippen LogP contribution in [0.25, 0.3) is 0 Å². The van der Waals surface area contributed by atoms with Crippen molar-refractivity contribution >= 4 is 33.4 Å². The van der Waals surface area contributed by atoms with E-state index in [4.69, 9.17) is 0 Å². The predicted octanol–water partition coefficient (Wildman–Crippen LogP) is 2.81. The molecule has 0 N–H and O–H groups in total. The van der Waals surface area contributed by atoms with E-state index in [-0.39, 0.29) is 17.9 Å². The molecule has 0 spiro atoms. The highest BCUT2D eigenvalue weighted by molar-refractivity contribution is 9.10. The molecule has 0 bridgehead atoms. The molecule has 1 aromatic carbocycles. The largest absolute Gasteiger partial charge is 0.292 e. The SMILES string of the molecule is CC1CCN([C@@H]2CC(=O)N(c3cccc(Br)c3)C2=O)CC1. The lowest BCUT2D eigenvalue weighted by Gasteiger charge is -2.33. The van der Waals surface area contributed by atoms with Crippen molar-refractivity contribution in [2.45, 2.75) is 32.2 Å². The fourth-order valence-corrected chi connectivity index (χ4v) is 3.52. The Kier molecular flexibility index (Phi) is 4.13. The van der Waals surface area contributed by atoms with E-state index in [2.05, 4.69) is 27.8 Å². The summed E-state index contributed by atoms with van der Waals surface area (Å²) in [6.45, 7) is 4.07. The van der Waals surface area contributed by atoms with Crippen LogP contribution >= 0.6 is 15.9 Å². The first-order valence-corrected chi connectivity index (χ1v) is 8.22. The average Bonchev–Trinajstić information content (AvgIpc) is 2.75. The molecule has 2 heterocycles. The third-order valence-corrected chi connectivity index (χ3v) is 4.94. The number of carbonyl (C=O) groups is 2. The summed E-state index contributed by atoms with van der Waals surface area (Å²) in [7, 11) is 0. The molecule has 1 aromatic rings. The topological polar surface area (TPSA) is 40.6 Å². The number of likely N-dealkylation sites (tertiary alicyclic amines) is 1. The van der Waals surface area contributed by atoms with Gasteiger partial charge in [0.2, 0.25) is 5.91 Å². The van der Waals surface area contributed by atoms with Crippen LogP contribution in [0.3, 0.4) is 0 Å². The number of carbonyl (C=O) groups excluding carboxylic acids is 2. The first-order valence-electron chi connectivity index (χ1n) is 7.42. The number of imide groups is 1. The summed E-state index contributed by atoms with van der Waals surface area (Å²) in [6, 6.07) is 7.08. The van der Waals surface area contributed by atoms with Crippen molar-refractivity contribution < 1.29 is 9.59 Å². The molecule has 0 aliphatic carbocycles. The number of rotatable bonds is 2. The van der Waals surface area contributed by atoms with Gasteiger partial charge in [0.05, 0.1) is 18.2 Å².